The van der Waals surface area contributed by atoms with Crippen LogP contribution in [0.5, 0.6) is 0 Å². The summed E-state index contributed by atoms with van der Waals surface area (Å²) in [6, 6.07) is 18.2. The van der Waals surface area contributed by atoms with E-state index < -0.39 is 0 Å². The van der Waals surface area contributed by atoms with Gasteiger partial charge in [0.1, 0.15) is 5.82 Å². The average molecular weight is 421 g/mol. The molecule has 0 aliphatic carbocycles. The molecular formula is C22H24N6OS. The second kappa shape index (κ2) is 9.58. The molecule has 7 nitrogen and oxygen atoms in total. The predicted molar refractivity (Wildman–Crippen MR) is 118 cm³/mol. The smallest absolute Gasteiger partial charge is 0.230 e. The van der Waals surface area contributed by atoms with Gasteiger partial charge in [0.05, 0.1) is 29.7 Å². The molecule has 0 fully saturated rings. The summed E-state index contributed by atoms with van der Waals surface area (Å²) in [5, 5.41) is 12.1. The summed E-state index contributed by atoms with van der Waals surface area (Å²) in [5.41, 5.74) is 3.29. The first-order valence-corrected chi connectivity index (χ1v) is 10.9. The number of aryl methyl sites for hydroxylation is 2. The fourth-order valence-electron chi connectivity index (χ4n) is 3.26. The molecule has 0 aliphatic heterocycles. The van der Waals surface area contributed by atoms with Crippen molar-refractivity contribution in [3.05, 3.63) is 72.3 Å². The molecule has 0 aliphatic rings. The lowest BCUT2D eigenvalue weighted by Crippen LogP contribution is -2.27. The molecule has 1 amide bonds. The van der Waals surface area contributed by atoms with Crippen molar-refractivity contribution in [3.63, 3.8) is 0 Å². The number of amides is 1. The minimum absolute atomic E-state index is 0.00223. The third-order valence-electron chi connectivity index (χ3n) is 4.84. The van der Waals surface area contributed by atoms with Crippen LogP contribution in [0.1, 0.15) is 17.8 Å². The summed E-state index contributed by atoms with van der Waals surface area (Å²) in [4.78, 5) is 16.7. The summed E-state index contributed by atoms with van der Waals surface area (Å²) in [7, 11) is 0. The molecule has 0 bridgehead atoms. The van der Waals surface area contributed by atoms with Gasteiger partial charge in [-0.3, -0.25) is 4.79 Å². The quantitative estimate of drug-likeness (QED) is 0.332. The number of aromatic nitrogens is 5. The Morgan fingerprint density at radius 1 is 1.07 bits per heavy atom. The van der Waals surface area contributed by atoms with Gasteiger partial charge in [-0.05, 0) is 31.0 Å². The zero-order chi connectivity index (χ0) is 20.8. The molecule has 8 heteroatoms. The SMILES string of the molecule is Cc1nnc(SCC(=O)NCCCn2cnc3ccccc32)n1Cc1ccccc1. The van der Waals surface area contributed by atoms with Gasteiger partial charge in [0, 0.05) is 13.1 Å². The number of carbonyl (C=O) groups excluding carboxylic acids is 1. The van der Waals surface area contributed by atoms with Gasteiger partial charge in [0.25, 0.3) is 0 Å². The summed E-state index contributed by atoms with van der Waals surface area (Å²) in [5.74, 6) is 1.16. The Morgan fingerprint density at radius 3 is 2.73 bits per heavy atom. The Labute approximate surface area is 179 Å². The van der Waals surface area contributed by atoms with Gasteiger partial charge < -0.3 is 14.5 Å². The lowest BCUT2D eigenvalue weighted by Gasteiger charge is -2.09. The number of carbonyl (C=O) groups is 1. The molecule has 0 radical (unpaired) electrons. The molecule has 4 aromatic rings. The zero-order valence-corrected chi connectivity index (χ0v) is 17.7. The minimum atomic E-state index is 0.00223. The minimum Gasteiger partial charge on any atom is -0.355 e. The molecular weight excluding hydrogens is 396 g/mol. The molecule has 2 aromatic heterocycles. The monoisotopic (exact) mass is 420 g/mol. The van der Waals surface area contributed by atoms with Crippen molar-refractivity contribution < 1.29 is 4.79 Å². The van der Waals surface area contributed by atoms with E-state index in [4.69, 9.17) is 0 Å². The summed E-state index contributed by atoms with van der Waals surface area (Å²) in [6.45, 7) is 4.07. The highest BCUT2D eigenvalue weighted by Crippen LogP contribution is 2.18. The van der Waals surface area contributed by atoms with Crippen molar-refractivity contribution in [1.29, 1.82) is 0 Å². The Balaban J connectivity index is 1.23. The molecule has 2 heterocycles. The van der Waals surface area contributed by atoms with E-state index in [2.05, 4.69) is 43.3 Å². The highest BCUT2D eigenvalue weighted by molar-refractivity contribution is 7.99. The van der Waals surface area contributed by atoms with Crippen LogP contribution < -0.4 is 5.32 Å². The van der Waals surface area contributed by atoms with Crippen LogP contribution in [0.15, 0.2) is 66.1 Å². The Morgan fingerprint density at radius 2 is 1.87 bits per heavy atom. The number of fused-ring (bicyclic) bond motifs is 1. The van der Waals surface area contributed by atoms with Crippen molar-refractivity contribution in [2.75, 3.05) is 12.3 Å². The Kier molecular flexibility index (Phi) is 6.44. The fraction of sp³-hybridized carbons (Fsp3) is 0.273. The lowest BCUT2D eigenvalue weighted by atomic mass is 10.2. The number of hydrogen-bond acceptors (Lipinski definition) is 5. The number of rotatable bonds is 9. The van der Waals surface area contributed by atoms with Crippen molar-refractivity contribution >= 4 is 28.7 Å². The number of benzene rings is 2. The molecule has 30 heavy (non-hydrogen) atoms. The van der Waals surface area contributed by atoms with Crippen LogP contribution in [0, 0.1) is 6.92 Å². The number of hydrogen-bond donors (Lipinski definition) is 1. The van der Waals surface area contributed by atoms with Crippen LogP contribution in [0.25, 0.3) is 11.0 Å². The summed E-state index contributed by atoms with van der Waals surface area (Å²) >= 11 is 1.41. The van der Waals surface area contributed by atoms with Gasteiger partial charge in [0.2, 0.25) is 5.91 Å². The van der Waals surface area contributed by atoms with Crippen LogP contribution in [0.3, 0.4) is 0 Å². The molecule has 0 saturated carbocycles. The van der Waals surface area contributed by atoms with Gasteiger partial charge >= 0.3 is 0 Å². The first-order valence-electron chi connectivity index (χ1n) is 9.94. The van der Waals surface area contributed by atoms with E-state index in [0.717, 1.165) is 35.0 Å². The number of nitrogens with zero attached hydrogens (tertiary/aromatic N) is 5. The van der Waals surface area contributed by atoms with Crippen molar-refractivity contribution in [2.45, 2.75) is 31.6 Å². The highest BCUT2D eigenvalue weighted by atomic mass is 32.2. The van der Waals surface area contributed by atoms with E-state index >= 15 is 0 Å². The Bertz CT molecular complexity index is 1120. The first kappa shape index (κ1) is 20.2. The van der Waals surface area contributed by atoms with Gasteiger partial charge in [-0.15, -0.1) is 10.2 Å². The van der Waals surface area contributed by atoms with Gasteiger partial charge in [-0.1, -0.05) is 54.2 Å². The van der Waals surface area contributed by atoms with Crippen molar-refractivity contribution in [2.24, 2.45) is 0 Å². The maximum absolute atomic E-state index is 12.3. The van der Waals surface area contributed by atoms with Gasteiger partial charge in [-0.2, -0.15) is 0 Å². The largest absolute Gasteiger partial charge is 0.355 e. The maximum Gasteiger partial charge on any atom is 0.230 e. The second-order valence-electron chi connectivity index (χ2n) is 7.02. The van der Waals surface area contributed by atoms with Crippen LogP contribution in [0.2, 0.25) is 0 Å². The lowest BCUT2D eigenvalue weighted by molar-refractivity contribution is -0.118. The van der Waals surface area contributed by atoms with Crippen LogP contribution in [-0.2, 0) is 17.9 Å². The average Bonchev–Trinajstić information content (AvgIpc) is 3.34. The van der Waals surface area contributed by atoms with E-state index in [-0.39, 0.29) is 5.91 Å². The fourth-order valence-corrected chi connectivity index (χ4v) is 4.08. The van der Waals surface area contributed by atoms with E-state index in [1.807, 2.05) is 54.2 Å². The number of para-hydroxylation sites is 2. The van der Waals surface area contributed by atoms with Crippen LogP contribution in [0.4, 0.5) is 0 Å². The van der Waals surface area contributed by atoms with E-state index in [9.17, 15) is 4.79 Å². The molecule has 0 saturated heterocycles. The molecule has 4 rings (SSSR count). The summed E-state index contributed by atoms with van der Waals surface area (Å²) in [6.07, 6.45) is 2.70. The van der Waals surface area contributed by atoms with Crippen molar-refractivity contribution in [1.82, 2.24) is 29.6 Å². The van der Waals surface area contributed by atoms with E-state index in [1.165, 1.54) is 17.3 Å². The zero-order valence-electron chi connectivity index (χ0n) is 16.9. The van der Waals surface area contributed by atoms with Gasteiger partial charge in [0.15, 0.2) is 5.16 Å². The highest BCUT2D eigenvalue weighted by Gasteiger charge is 2.12. The third kappa shape index (κ3) is 4.88. The molecule has 0 unspecified atom stereocenters. The topological polar surface area (TPSA) is 77.6 Å². The summed E-state index contributed by atoms with van der Waals surface area (Å²) < 4.78 is 4.16. The number of nitrogens with one attached hydrogen (secondary N) is 1. The standard InChI is InChI=1S/C22H24N6OS/c1-17-25-26-22(28(17)14-18-8-3-2-4-9-18)30-15-21(29)23-12-7-13-27-16-24-19-10-5-6-11-20(19)27/h2-6,8-11,16H,7,12-15H2,1H3,(H,23,29). The third-order valence-corrected chi connectivity index (χ3v) is 5.81. The molecule has 154 valence electrons. The maximum atomic E-state index is 12.3. The van der Waals surface area contributed by atoms with Crippen molar-refractivity contribution in [3.8, 4) is 0 Å². The second-order valence-corrected chi connectivity index (χ2v) is 7.96. The molecule has 0 spiro atoms. The molecule has 2 aromatic carbocycles. The molecule has 1 N–H and O–H groups in total. The van der Waals surface area contributed by atoms with Crippen LogP contribution >= 0.6 is 11.8 Å². The Hall–Kier alpha value is -3.13. The van der Waals surface area contributed by atoms with E-state index in [0.29, 0.717) is 18.8 Å². The predicted octanol–water partition coefficient (Wildman–Crippen LogP) is 3.28. The number of thioether (sulfide) groups is 1. The van der Waals surface area contributed by atoms with Crippen LogP contribution in [-0.4, -0.2) is 42.5 Å². The number of imidazole rings is 1. The molecule has 0 atom stereocenters. The normalized spacial score (nSPS) is 11.1. The first-order chi connectivity index (χ1) is 14.7. The van der Waals surface area contributed by atoms with Gasteiger partial charge in [-0.25, -0.2) is 4.98 Å². The van der Waals surface area contributed by atoms with E-state index in [1.54, 1.807) is 0 Å².